The Morgan fingerprint density at radius 1 is 1.38 bits per heavy atom. The molecule has 0 spiro atoms. The zero-order valence-corrected chi connectivity index (χ0v) is 14.9. The van der Waals surface area contributed by atoms with Crippen LogP contribution < -0.4 is 10.9 Å². The molecule has 0 aromatic carbocycles. The zero-order chi connectivity index (χ0) is 17.9. The number of rotatable bonds is 5. The van der Waals surface area contributed by atoms with E-state index < -0.39 is 0 Å². The Hall–Kier alpha value is -2.55. The first-order valence-electron chi connectivity index (χ1n) is 8.65. The lowest BCUT2D eigenvalue weighted by Gasteiger charge is -2.22. The highest BCUT2D eigenvalue weighted by Gasteiger charge is 2.18. The van der Waals surface area contributed by atoms with E-state index in [0.717, 1.165) is 12.8 Å². The van der Waals surface area contributed by atoms with Crippen LogP contribution in [-0.2, 0) is 4.79 Å². The number of thioether (sulfide) groups is 1. The van der Waals surface area contributed by atoms with Crippen molar-refractivity contribution in [3.05, 3.63) is 34.8 Å². The van der Waals surface area contributed by atoms with Crippen LogP contribution in [-0.4, -0.2) is 37.5 Å². The molecule has 2 N–H and O–H groups in total. The second kappa shape index (κ2) is 7.36. The molecule has 1 saturated carbocycles. The Bertz CT molecular complexity index is 957. The number of amides is 1. The molecular formula is C17H19N5O3S. The highest BCUT2D eigenvalue weighted by molar-refractivity contribution is 7.99. The molecule has 9 heteroatoms. The van der Waals surface area contributed by atoms with Crippen molar-refractivity contribution in [3.63, 3.8) is 0 Å². The number of aromatic nitrogens is 4. The highest BCUT2D eigenvalue weighted by atomic mass is 32.2. The molecule has 0 unspecified atom stereocenters. The zero-order valence-electron chi connectivity index (χ0n) is 14.1. The van der Waals surface area contributed by atoms with Crippen LogP contribution in [0.1, 0.15) is 32.1 Å². The van der Waals surface area contributed by atoms with Crippen molar-refractivity contribution < 1.29 is 9.21 Å². The number of nitrogens with one attached hydrogen (secondary N) is 2. The van der Waals surface area contributed by atoms with Gasteiger partial charge in [0.2, 0.25) is 11.1 Å². The van der Waals surface area contributed by atoms with E-state index in [0.29, 0.717) is 22.1 Å². The van der Waals surface area contributed by atoms with Crippen LogP contribution >= 0.6 is 11.8 Å². The molecule has 1 aliphatic carbocycles. The Balaban J connectivity index is 1.50. The van der Waals surface area contributed by atoms with E-state index >= 15 is 0 Å². The van der Waals surface area contributed by atoms with Crippen LogP contribution in [0.4, 0.5) is 0 Å². The van der Waals surface area contributed by atoms with Gasteiger partial charge >= 0.3 is 0 Å². The first kappa shape index (κ1) is 16.9. The number of furan rings is 1. The van der Waals surface area contributed by atoms with Gasteiger partial charge in [-0.05, 0) is 25.0 Å². The molecule has 0 bridgehead atoms. The molecule has 8 nitrogen and oxygen atoms in total. The maximum atomic E-state index is 12.2. The van der Waals surface area contributed by atoms with Crippen molar-refractivity contribution in [1.82, 2.24) is 25.1 Å². The molecule has 136 valence electrons. The van der Waals surface area contributed by atoms with Crippen LogP contribution in [0.2, 0.25) is 0 Å². The second-order valence-corrected chi connectivity index (χ2v) is 7.27. The molecule has 0 atom stereocenters. The quantitative estimate of drug-likeness (QED) is 0.665. The Labute approximate surface area is 153 Å². The Morgan fingerprint density at radius 2 is 2.23 bits per heavy atom. The summed E-state index contributed by atoms with van der Waals surface area (Å²) in [6.07, 6.45) is 7.23. The normalized spacial score (nSPS) is 15.4. The average molecular weight is 373 g/mol. The third-order valence-electron chi connectivity index (χ3n) is 4.45. The van der Waals surface area contributed by atoms with E-state index in [2.05, 4.69) is 20.6 Å². The fraction of sp³-hybridized carbons (Fsp3) is 0.412. The molecule has 1 amide bonds. The van der Waals surface area contributed by atoms with Gasteiger partial charge in [0.05, 0.1) is 12.0 Å². The van der Waals surface area contributed by atoms with Crippen LogP contribution in [0.25, 0.3) is 17.0 Å². The summed E-state index contributed by atoms with van der Waals surface area (Å²) in [6.45, 7) is 0. The van der Waals surface area contributed by atoms with E-state index in [1.54, 1.807) is 24.5 Å². The van der Waals surface area contributed by atoms with Crippen molar-refractivity contribution in [2.24, 2.45) is 0 Å². The minimum Gasteiger partial charge on any atom is -0.463 e. The van der Waals surface area contributed by atoms with Gasteiger partial charge in [-0.3, -0.25) is 9.59 Å². The standard InChI is InChI=1S/C17H19N5O3S/c23-15(18-11-5-2-1-3-6-11)10-26-17-20-19-16(24)13-9-12(21-22(13)17)14-7-4-8-25-14/h4,7-9,11H,1-3,5-6,10H2,(H,18,23)(H,19,24). The number of nitrogens with zero attached hydrogens (tertiary/aromatic N) is 3. The maximum Gasteiger partial charge on any atom is 0.290 e. The summed E-state index contributed by atoms with van der Waals surface area (Å²) in [4.78, 5) is 24.2. The molecule has 1 fully saturated rings. The predicted molar refractivity (Wildman–Crippen MR) is 97.0 cm³/mol. The monoisotopic (exact) mass is 373 g/mol. The summed E-state index contributed by atoms with van der Waals surface area (Å²) in [5.41, 5.74) is 0.565. The van der Waals surface area contributed by atoms with E-state index in [-0.39, 0.29) is 23.3 Å². The van der Waals surface area contributed by atoms with Crippen molar-refractivity contribution in [2.45, 2.75) is 43.3 Å². The minimum atomic E-state index is -0.341. The Morgan fingerprint density at radius 3 is 3.00 bits per heavy atom. The molecule has 3 aromatic rings. The first-order valence-corrected chi connectivity index (χ1v) is 9.64. The Kier molecular flexibility index (Phi) is 4.79. The van der Waals surface area contributed by atoms with Crippen LogP contribution in [0.15, 0.2) is 38.8 Å². The minimum absolute atomic E-state index is 0.0264. The highest BCUT2D eigenvalue weighted by Crippen LogP contribution is 2.22. The fourth-order valence-electron chi connectivity index (χ4n) is 3.18. The van der Waals surface area contributed by atoms with Crippen molar-refractivity contribution in [1.29, 1.82) is 0 Å². The summed E-state index contributed by atoms with van der Waals surface area (Å²) in [5.74, 6) is 0.765. The SMILES string of the molecule is O=C(CSc1n[nH]c(=O)c2cc(-c3ccco3)nn12)NC1CCCCC1. The van der Waals surface area contributed by atoms with Crippen LogP contribution in [0.5, 0.6) is 0 Å². The summed E-state index contributed by atoms with van der Waals surface area (Å²) < 4.78 is 6.79. The van der Waals surface area contributed by atoms with Gasteiger partial charge in [-0.2, -0.15) is 5.10 Å². The fourth-order valence-corrected chi connectivity index (χ4v) is 3.89. The third-order valence-corrected chi connectivity index (χ3v) is 5.38. The lowest BCUT2D eigenvalue weighted by Crippen LogP contribution is -2.37. The van der Waals surface area contributed by atoms with Gasteiger partial charge in [-0.1, -0.05) is 31.0 Å². The van der Waals surface area contributed by atoms with Gasteiger partial charge in [0.15, 0.2) is 5.76 Å². The van der Waals surface area contributed by atoms with Crippen LogP contribution in [0, 0.1) is 0 Å². The largest absolute Gasteiger partial charge is 0.463 e. The van der Waals surface area contributed by atoms with Crippen molar-refractivity contribution >= 4 is 23.2 Å². The lowest BCUT2D eigenvalue weighted by atomic mass is 9.95. The molecule has 26 heavy (non-hydrogen) atoms. The molecule has 1 aliphatic rings. The van der Waals surface area contributed by atoms with E-state index in [1.807, 2.05) is 0 Å². The van der Waals surface area contributed by atoms with Gasteiger partial charge in [0, 0.05) is 12.1 Å². The molecule has 0 aliphatic heterocycles. The van der Waals surface area contributed by atoms with E-state index in [9.17, 15) is 9.59 Å². The molecule has 0 radical (unpaired) electrons. The number of carbonyl (C=O) groups excluding carboxylic acids is 1. The predicted octanol–water partition coefficient (Wildman–Crippen LogP) is 2.22. The number of H-pyrrole nitrogens is 1. The van der Waals surface area contributed by atoms with Gasteiger partial charge in [0.1, 0.15) is 11.2 Å². The number of hydrogen-bond acceptors (Lipinski definition) is 6. The molecule has 3 aromatic heterocycles. The summed E-state index contributed by atoms with van der Waals surface area (Å²) in [5, 5.41) is 14.4. The van der Waals surface area contributed by atoms with Gasteiger partial charge in [-0.15, -0.1) is 5.10 Å². The molecule has 4 rings (SSSR count). The smallest absolute Gasteiger partial charge is 0.290 e. The maximum absolute atomic E-state index is 12.2. The summed E-state index contributed by atoms with van der Waals surface area (Å²) in [6, 6.07) is 5.45. The number of aromatic amines is 1. The van der Waals surface area contributed by atoms with Gasteiger partial charge < -0.3 is 9.73 Å². The van der Waals surface area contributed by atoms with Gasteiger partial charge in [0.25, 0.3) is 5.56 Å². The van der Waals surface area contributed by atoms with E-state index in [1.165, 1.54) is 35.5 Å². The molecular weight excluding hydrogens is 354 g/mol. The number of carbonyl (C=O) groups is 1. The average Bonchev–Trinajstić information content (AvgIpc) is 3.32. The van der Waals surface area contributed by atoms with Crippen LogP contribution in [0.3, 0.4) is 0 Å². The summed E-state index contributed by atoms with van der Waals surface area (Å²) in [7, 11) is 0. The number of hydrogen-bond donors (Lipinski definition) is 2. The van der Waals surface area contributed by atoms with Crippen molar-refractivity contribution in [3.8, 4) is 11.5 Å². The second-order valence-electron chi connectivity index (χ2n) is 6.33. The third kappa shape index (κ3) is 3.52. The van der Waals surface area contributed by atoms with E-state index in [4.69, 9.17) is 4.42 Å². The molecule has 3 heterocycles. The molecule has 0 saturated heterocycles. The van der Waals surface area contributed by atoms with Gasteiger partial charge in [-0.25, -0.2) is 9.61 Å². The lowest BCUT2D eigenvalue weighted by molar-refractivity contribution is -0.119. The summed E-state index contributed by atoms with van der Waals surface area (Å²) >= 11 is 1.24. The topological polar surface area (TPSA) is 105 Å². The van der Waals surface area contributed by atoms with Crippen molar-refractivity contribution in [2.75, 3.05) is 5.75 Å². The first-order chi connectivity index (χ1) is 12.7. The number of fused-ring (bicyclic) bond motifs is 1.